The van der Waals surface area contributed by atoms with Crippen LogP contribution in [-0.4, -0.2) is 0 Å². The molecule has 0 radical (unpaired) electrons. The Kier molecular flexibility index (Phi) is 108. The van der Waals surface area contributed by atoms with Crippen molar-refractivity contribution in [3.05, 3.63) is 0 Å². The molecule has 0 saturated carbocycles. The molecule has 113 heavy (non-hydrogen) atoms. The van der Waals surface area contributed by atoms with E-state index in [1.54, 1.807) is 32.1 Å². The van der Waals surface area contributed by atoms with Crippen LogP contribution in [0.1, 0.15) is 715 Å². The summed E-state index contributed by atoms with van der Waals surface area (Å²) >= 11 is 0. The first kappa shape index (κ1) is 113. The highest BCUT2D eigenvalue weighted by Crippen LogP contribution is 2.33. The maximum absolute atomic E-state index is 2.33. The lowest BCUT2D eigenvalue weighted by atomic mass is 9.81. The van der Waals surface area contributed by atoms with Gasteiger partial charge in [0.05, 0.1) is 0 Å². The molecular formula is C113H228. The van der Waals surface area contributed by atoms with Gasteiger partial charge in [0.25, 0.3) is 0 Å². The van der Waals surface area contributed by atoms with Crippen LogP contribution in [0.25, 0.3) is 0 Å². The second kappa shape index (κ2) is 108. The summed E-state index contributed by atoms with van der Waals surface area (Å²) in [7, 11) is 0. The smallest absolute Gasteiger partial charge is 0.0412 e. The van der Waals surface area contributed by atoms with Gasteiger partial charge in [0.1, 0.15) is 0 Å². The van der Waals surface area contributed by atoms with Crippen LogP contribution in [0.2, 0.25) is 0 Å². The van der Waals surface area contributed by atoms with Crippen molar-refractivity contribution in [1.29, 1.82) is 0 Å². The molecular weight excluding hydrogens is 1360 g/mol. The Labute approximate surface area is 722 Å². The van der Waals surface area contributed by atoms with Crippen LogP contribution >= 0.6 is 0 Å². The summed E-state index contributed by atoms with van der Waals surface area (Å²) in [4.78, 5) is 0. The number of hydrogen-bond donors (Lipinski definition) is 0. The normalized spacial score (nSPS) is 12.2. The van der Waals surface area contributed by atoms with Crippen LogP contribution in [0.5, 0.6) is 0 Å². The second-order valence-corrected chi connectivity index (χ2v) is 39.8. The van der Waals surface area contributed by atoms with Crippen LogP contribution in [0.15, 0.2) is 0 Å². The third kappa shape index (κ3) is 104. The zero-order valence-corrected chi connectivity index (χ0v) is 80.8. The van der Waals surface area contributed by atoms with Crippen LogP contribution in [0.4, 0.5) is 0 Å². The highest BCUT2D eigenvalue weighted by Gasteiger charge is 2.18. The van der Waals surface area contributed by atoms with E-state index in [0.717, 1.165) is 11.8 Å². The van der Waals surface area contributed by atoms with Crippen molar-refractivity contribution in [2.45, 2.75) is 715 Å². The quantitative estimate of drug-likeness (QED) is 0.0533. The summed E-state index contributed by atoms with van der Waals surface area (Å²) < 4.78 is 0. The molecule has 0 aliphatic rings. The Morgan fingerprint density at radius 2 is 0.142 bits per heavy atom. The van der Waals surface area contributed by atoms with E-state index in [9.17, 15) is 0 Å². The summed E-state index contributed by atoms with van der Waals surface area (Å²) in [5.74, 6) is 2.00. The third-order valence-electron chi connectivity index (χ3n) is 28.0. The average Bonchev–Trinajstić information content (AvgIpc) is 0.946. The van der Waals surface area contributed by atoms with Gasteiger partial charge in [0.2, 0.25) is 0 Å². The molecule has 0 saturated heterocycles. The summed E-state index contributed by atoms with van der Waals surface area (Å²) in [5, 5.41) is 0. The Balaban J connectivity index is 4.96. The third-order valence-corrected chi connectivity index (χ3v) is 28.0. The van der Waals surface area contributed by atoms with Gasteiger partial charge in [-0.05, 0) is 18.3 Å². The minimum atomic E-state index is 1.00. The fraction of sp³-hybridized carbons (Fsp3) is 1.00. The van der Waals surface area contributed by atoms with Gasteiger partial charge in [-0.1, -0.05) is 708 Å². The molecule has 0 rings (SSSR count). The zero-order chi connectivity index (χ0) is 80.8. The van der Waals surface area contributed by atoms with Crippen molar-refractivity contribution < 1.29 is 0 Å². The van der Waals surface area contributed by atoms with Crippen LogP contribution in [0.3, 0.4) is 0 Å². The highest BCUT2D eigenvalue weighted by atomic mass is 14.2. The summed E-state index contributed by atoms with van der Waals surface area (Å²) in [6.45, 7) is 9.32. The topological polar surface area (TPSA) is 0 Å². The lowest BCUT2D eigenvalue weighted by Crippen LogP contribution is -2.11. The van der Waals surface area contributed by atoms with E-state index in [2.05, 4.69) is 27.7 Å². The number of rotatable bonds is 108. The van der Waals surface area contributed by atoms with E-state index in [-0.39, 0.29) is 0 Å². The second-order valence-electron chi connectivity index (χ2n) is 39.8. The standard InChI is InChI=1S/C113H228/c1-5-9-13-17-21-25-29-33-37-41-45-49-53-57-60-64-68-72-76-80-84-88-92-96-100-104-108-112(107-103-99-95-91-87-83-79-75-71-67-63-56-52-48-44-40-36-32-28-24-20-16-12-8-4)111-113(109-105-101-97-93-89-85-81-77-73-69-65-61-58-54-50-46-42-38-34-30-26-22-18-14-10-6-2)110-106-102-98-94-90-86-82-78-74-70-66-62-59-55-51-47-43-39-35-31-27-23-19-15-11-7-3/h112-113H,5-111H2,1-4H3. The van der Waals surface area contributed by atoms with Crippen LogP contribution in [0, 0.1) is 11.8 Å². The van der Waals surface area contributed by atoms with Gasteiger partial charge < -0.3 is 0 Å². The van der Waals surface area contributed by atoms with Gasteiger partial charge in [-0.3, -0.25) is 0 Å². The van der Waals surface area contributed by atoms with E-state index in [1.807, 2.05) is 0 Å². The van der Waals surface area contributed by atoms with E-state index in [4.69, 9.17) is 0 Å². The first-order chi connectivity index (χ1) is 56.3. The Morgan fingerprint density at radius 1 is 0.0796 bits per heavy atom. The lowest BCUT2D eigenvalue weighted by Gasteiger charge is -2.24. The van der Waals surface area contributed by atoms with Crippen molar-refractivity contribution in [1.82, 2.24) is 0 Å². The minimum Gasteiger partial charge on any atom is -0.0654 e. The molecule has 0 aliphatic heterocycles. The molecule has 0 aromatic heterocycles. The molecule has 0 N–H and O–H groups in total. The number of unbranched alkanes of at least 4 members (excludes halogenated alkanes) is 98. The van der Waals surface area contributed by atoms with Gasteiger partial charge >= 0.3 is 0 Å². The largest absolute Gasteiger partial charge is 0.0654 e. The van der Waals surface area contributed by atoms with Crippen molar-refractivity contribution in [3.8, 4) is 0 Å². The van der Waals surface area contributed by atoms with Crippen molar-refractivity contribution in [2.24, 2.45) is 11.8 Å². The van der Waals surface area contributed by atoms with E-state index in [0.29, 0.717) is 0 Å². The predicted octanol–water partition coefficient (Wildman–Crippen LogP) is 44.0. The SMILES string of the molecule is CCCCCCCCCCCCCCCCCCCCCCCCCCCCC(CCCCCCCCCCCCCCCCCCCCCCCCCC)CC(CCCCCCCCCCCCCCCCCCCCCCCCCCCC)CCCCCCCCCCCCCCCCCCCCCCCCCCCC. The van der Waals surface area contributed by atoms with E-state index >= 15 is 0 Å². The monoisotopic (exact) mass is 1590 g/mol. The van der Waals surface area contributed by atoms with Gasteiger partial charge in [0.15, 0.2) is 0 Å². The van der Waals surface area contributed by atoms with E-state index < -0.39 is 0 Å². The summed E-state index contributed by atoms with van der Waals surface area (Å²) in [6, 6.07) is 0. The minimum absolute atomic E-state index is 1.00. The molecule has 0 aromatic carbocycles. The van der Waals surface area contributed by atoms with Gasteiger partial charge in [0, 0.05) is 0 Å². The summed E-state index contributed by atoms with van der Waals surface area (Å²) in [6.07, 6.45) is 160. The molecule has 680 valence electrons. The molecule has 0 aliphatic carbocycles. The molecule has 0 fully saturated rings. The zero-order valence-electron chi connectivity index (χ0n) is 80.8. The molecule has 0 aromatic rings. The van der Waals surface area contributed by atoms with Crippen molar-refractivity contribution in [2.75, 3.05) is 0 Å². The first-order valence-electron chi connectivity index (χ1n) is 56.3. The van der Waals surface area contributed by atoms with Crippen molar-refractivity contribution in [3.63, 3.8) is 0 Å². The highest BCUT2D eigenvalue weighted by molar-refractivity contribution is 4.71. The Morgan fingerprint density at radius 3 is 0.212 bits per heavy atom. The van der Waals surface area contributed by atoms with Gasteiger partial charge in [-0.2, -0.15) is 0 Å². The molecule has 0 bridgehead atoms. The maximum atomic E-state index is 2.33. The fourth-order valence-electron chi connectivity index (χ4n) is 19.9. The molecule has 0 amide bonds. The van der Waals surface area contributed by atoms with Crippen LogP contribution < -0.4 is 0 Å². The molecule has 1 unspecified atom stereocenters. The molecule has 0 spiro atoms. The molecule has 0 heteroatoms. The molecule has 0 heterocycles. The molecule has 0 nitrogen and oxygen atoms in total. The number of hydrogen-bond acceptors (Lipinski definition) is 0. The lowest BCUT2D eigenvalue weighted by molar-refractivity contribution is 0.282. The first-order valence-corrected chi connectivity index (χ1v) is 56.3. The Hall–Kier alpha value is 0. The predicted molar refractivity (Wildman–Crippen MR) is 524 cm³/mol. The van der Waals surface area contributed by atoms with E-state index in [1.165, 1.54) is 655 Å². The van der Waals surface area contributed by atoms with Gasteiger partial charge in [-0.15, -0.1) is 0 Å². The van der Waals surface area contributed by atoms with Crippen molar-refractivity contribution >= 4 is 0 Å². The average molecular weight is 1590 g/mol. The maximum Gasteiger partial charge on any atom is -0.0412 e. The molecule has 1 atom stereocenters. The Bertz CT molecular complexity index is 1400. The van der Waals surface area contributed by atoms with Gasteiger partial charge in [-0.25, -0.2) is 0 Å². The summed E-state index contributed by atoms with van der Waals surface area (Å²) in [5.41, 5.74) is 0. The van der Waals surface area contributed by atoms with Crippen LogP contribution in [-0.2, 0) is 0 Å². The fourth-order valence-corrected chi connectivity index (χ4v) is 19.9.